The fourth-order valence-corrected chi connectivity index (χ4v) is 5.35. The first-order valence-electron chi connectivity index (χ1n) is 7.60. The van der Waals surface area contributed by atoms with Crippen molar-refractivity contribution >= 4 is 27.5 Å². The van der Waals surface area contributed by atoms with Gasteiger partial charge in [-0.05, 0) is 56.4 Å². The summed E-state index contributed by atoms with van der Waals surface area (Å²) in [6.07, 6.45) is 8.18. The van der Waals surface area contributed by atoms with Crippen LogP contribution in [0.4, 0.5) is 0 Å². The van der Waals surface area contributed by atoms with E-state index in [0.29, 0.717) is 16.3 Å². The molecule has 0 saturated heterocycles. The minimum absolute atomic E-state index is 0.366. The van der Waals surface area contributed by atoms with Crippen LogP contribution in [0.2, 0.25) is 5.02 Å². The summed E-state index contributed by atoms with van der Waals surface area (Å²) in [5, 5.41) is 0.798. The van der Waals surface area contributed by atoms with Crippen molar-refractivity contribution in [2.75, 3.05) is 0 Å². The van der Waals surface area contributed by atoms with Gasteiger partial charge in [0.1, 0.15) is 11.9 Å². The number of hydrogen-bond donors (Lipinski definition) is 0. The summed E-state index contributed by atoms with van der Waals surface area (Å²) in [4.78, 5) is 0.633. The third-order valence-corrected chi connectivity index (χ3v) is 6.66. The number of aryl methyl sites for hydroxylation is 2. The van der Waals surface area contributed by atoms with Crippen LogP contribution >= 0.6 is 27.5 Å². The summed E-state index contributed by atoms with van der Waals surface area (Å²) in [5.74, 6) is 1.05. The number of rotatable bonds is 2. The first-order chi connectivity index (χ1) is 9.53. The fraction of sp³-hybridized carbons (Fsp3) is 0.647. The van der Waals surface area contributed by atoms with E-state index in [0.717, 1.165) is 28.3 Å². The Bertz CT molecular complexity index is 485. The highest BCUT2D eigenvalue weighted by Gasteiger charge is 2.55. The molecule has 0 heterocycles. The second kappa shape index (κ2) is 5.53. The van der Waals surface area contributed by atoms with E-state index in [1.807, 2.05) is 12.1 Å². The quantitative estimate of drug-likeness (QED) is 0.606. The summed E-state index contributed by atoms with van der Waals surface area (Å²) in [6.45, 7) is 4.18. The molecule has 2 aliphatic rings. The normalized spacial score (nSPS) is 28.2. The molecule has 2 atom stereocenters. The molecule has 2 saturated carbocycles. The van der Waals surface area contributed by atoms with Gasteiger partial charge in [0.05, 0.1) is 0 Å². The van der Waals surface area contributed by atoms with E-state index in [1.54, 1.807) is 0 Å². The van der Waals surface area contributed by atoms with E-state index < -0.39 is 0 Å². The first-order valence-corrected chi connectivity index (χ1v) is 8.90. The van der Waals surface area contributed by atoms with Gasteiger partial charge in [-0.1, -0.05) is 46.8 Å². The van der Waals surface area contributed by atoms with Crippen molar-refractivity contribution in [3.63, 3.8) is 0 Å². The molecule has 2 aliphatic carbocycles. The Morgan fingerprint density at radius 1 is 1.15 bits per heavy atom. The standard InChI is InChI=1S/C17H22BrClO/c1-11-8-13(19)9-12(2)16(11)20-15-10-14(18)17(15)6-4-3-5-7-17/h8-9,14-15H,3-7,10H2,1-2H3. The Balaban J connectivity index is 1.82. The van der Waals surface area contributed by atoms with E-state index >= 15 is 0 Å². The molecule has 1 nitrogen and oxygen atoms in total. The van der Waals surface area contributed by atoms with Gasteiger partial charge in [-0.25, -0.2) is 0 Å². The van der Waals surface area contributed by atoms with Crippen LogP contribution in [0, 0.1) is 19.3 Å². The van der Waals surface area contributed by atoms with Gasteiger partial charge in [0.2, 0.25) is 0 Å². The molecule has 110 valence electrons. The van der Waals surface area contributed by atoms with Crippen LogP contribution < -0.4 is 4.74 Å². The minimum atomic E-state index is 0.366. The zero-order valence-corrected chi connectivity index (χ0v) is 14.6. The maximum absolute atomic E-state index is 6.44. The molecule has 2 fully saturated rings. The average molecular weight is 358 g/mol. The van der Waals surface area contributed by atoms with Gasteiger partial charge in [0.25, 0.3) is 0 Å². The number of hydrogen-bond acceptors (Lipinski definition) is 1. The predicted molar refractivity (Wildman–Crippen MR) is 88.2 cm³/mol. The lowest BCUT2D eigenvalue weighted by atomic mass is 9.58. The molecule has 20 heavy (non-hydrogen) atoms. The van der Waals surface area contributed by atoms with Crippen LogP contribution in [0.25, 0.3) is 0 Å². The van der Waals surface area contributed by atoms with Crippen LogP contribution in [0.15, 0.2) is 12.1 Å². The largest absolute Gasteiger partial charge is 0.489 e. The van der Waals surface area contributed by atoms with Crippen LogP contribution in [-0.2, 0) is 0 Å². The Morgan fingerprint density at radius 3 is 2.30 bits per heavy atom. The molecule has 1 aromatic carbocycles. The highest BCUT2D eigenvalue weighted by molar-refractivity contribution is 9.09. The molecule has 0 radical (unpaired) electrons. The average Bonchev–Trinajstić information content (AvgIpc) is 2.42. The van der Waals surface area contributed by atoms with Gasteiger partial charge in [-0.15, -0.1) is 0 Å². The molecular weight excluding hydrogens is 336 g/mol. The maximum atomic E-state index is 6.44. The van der Waals surface area contributed by atoms with Gasteiger partial charge in [0.15, 0.2) is 0 Å². The molecule has 0 N–H and O–H groups in total. The second-order valence-corrected chi connectivity index (χ2v) is 8.01. The molecule has 2 unspecified atom stereocenters. The summed E-state index contributed by atoms with van der Waals surface area (Å²) in [5.41, 5.74) is 2.68. The molecule has 0 aromatic heterocycles. The van der Waals surface area contributed by atoms with Gasteiger partial charge in [0, 0.05) is 15.3 Å². The Hall–Kier alpha value is -0.210. The first kappa shape index (κ1) is 14.7. The lowest BCUT2D eigenvalue weighted by molar-refractivity contribution is -0.0607. The second-order valence-electron chi connectivity index (χ2n) is 6.47. The number of halogens is 2. The Morgan fingerprint density at radius 2 is 1.75 bits per heavy atom. The zero-order valence-electron chi connectivity index (χ0n) is 12.2. The minimum Gasteiger partial charge on any atom is -0.489 e. The van der Waals surface area contributed by atoms with Crippen LogP contribution in [0.1, 0.15) is 49.7 Å². The Labute approximate surface area is 135 Å². The van der Waals surface area contributed by atoms with Crippen LogP contribution in [0.5, 0.6) is 5.75 Å². The maximum Gasteiger partial charge on any atom is 0.125 e. The molecule has 0 aliphatic heterocycles. The highest BCUT2D eigenvalue weighted by atomic mass is 79.9. The van der Waals surface area contributed by atoms with Crippen molar-refractivity contribution in [3.8, 4) is 5.75 Å². The topological polar surface area (TPSA) is 9.23 Å². The summed E-state index contributed by atoms with van der Waals surface area (Å²) in [6, 6.07) is 4.00. The monoisotopic (exact) mass is 356 g/mol. The van der Waals surface area contributed by atoms with Crippen molar-refractivity contribution in [1.29, 1.82) is 0 Å². The van der Waals surface area contributed by atoms with Crippen molar-refractivity contribution in [2.24, 2.45) is 5.41 Å². The SMILES string of the molecule is Cc1cc(Cl)cc(C)c1OC1CC(Br)C12CCCCC2. The van der Waals surface area contributed by atoms with Gasteiger partial charge < -0.3 is 4.74 Å². The molecule has 1 spiro atoms. The summed E-state index contributed by atoms with van der Waals surface area (Å²) >= 11 is 9.99. The Kier molecular flexibility index (Phi) is 4.07. The lowest BCUT2D eigenvalue weighted by Gasteiger charge is -2.55. The smallest absolute Gasteiger partial charge is 0.125 e. The van der Waals surface area contributed by atoms with Gasteiger partial charge in [-0.2, -0.15) is 0 Å². The summed E-state index contributed by atoms with van der Waals surface area (Å²) in [7, 11) is 0. The van der Waals surface area contributed by atoms with E-state index in [9.17, 15) is 0 Å². The van der Waals surface area contributed by atoms with E-state index in [4.69, 9.17) is 16.3 Å². The number of ether oxygens (including phenoxy) is 1. The molecule has 0 amide bonds. The number of alkyl halides is 1. The molecule has 1 aromatic rings. The van der Waals surface area contributed by atoms with E-state index in [1.165, 1.54) is 32.1 Å². The zero-order chi connectivity index (χ0) is 14.3. The fourth-order valence-electron chi connectivity index (χ4n) is 3.93. The van der Waals surface area contributed by atoms with E-state index in [-0.39, 0.29) is 0 Å². The third kappa shape index (κ3) is 2.39. The van der Waals surface area contributed by atoms with Crippen molar-refractivity contribution in [1.82, 2.24) is 0 Å². The highest BCUT2D eigenvalue weighted by Crippen LogP contribution is 2.56. The van der Waals surface area contributed by atoms with Crippen LogP contribution in [-0.4, -0.2) is 10.9 Å². The van der Waals surface area contributed by atoms with Crippen molar-refractivity contribution in [3.05, 3.63) is 28.3 Å². The lowest BCUT2D eigenvalue weighted by Crippen LogP contribution is -2.57. The van der Waals surface area contributed by atoms with Crippen molar-refractivity contribution < 1.29 is 4.74 Å². The van der Waals surface area contributed by atoms with E-state index in [2.05, 4.69) is 29.8 Å². The van der Waals surface area contributed by atoms with Gasteiger partial charge >= 0.3 is 0 Å². The molecule has 3 rings (SSSR count). The molecule has 3 heteroatoms. The molecular formula is C17H22BrClO. The van der Waals surface area contributed by atoms with Crippen molar-refractivity contribution in [2.45, 2.75) is 63.3 Å². The number of benzene rings is 1. The summed E-state index contributed by atoms with van der Waals surface area (Å²) < 4.78 is 6.44. The van der Waals surface area contributed by atoms with Gasteiger partial charge in [-0.3, -0.25) is 0 Å². The molecule has 0 bridgehead atoms. The third-order valence-electron chi connectivity index (χ3n) is 5.16. The van der Waals surface area contributed by atoms with Crippen LogP contribution in [0.3, 0.4) is 0 Å². The predicted octanol–water partition coefficient (Wildman–Crippen LogP) is 5.82.